The lowest BCUT2D eigenvalue weighted by Crippen LogP contribution is -2.29. The molecule has 0 heterocycles. The molecule has 0 spiro atoms. The molecule has 10 nitrogen and oxygen atoms in total. The van der Waals surface area contributed by atoms with Gasteiger partial charge in [0.1, 0.15) is 13.2 Å². The van der Waals surface area contributed by atoms with Crippen LogP contribution in [0.15, 0.2) is 48.5 Å². The summed E-state index contributed by atoms with van der Waals surface area (Å²) in [7, 11) is 0. The van der Waals surface area contributed by atoms with E-state index < -0.39 is 30.2 Å². The molecule has 2 aromatic rings. The van der Waals surface area contributed by atoms with E-state index >= 15 is 0 Å². The lowest BCUT2D eigenvalue weighted by molar-refractivity contribution is -0.151. The van der Waals surface area contributed by atoms with Gasteiger partial charge in [-0.25, -0.2) is 9.59 Å². The molecule has 36 heavy (non-hydrogen) atoms. The number of carbonyl (C=O) groups excluding carboxylic acids is 3. The van der Waals surface area contributed by atoms with Crippen LogP contribution in [-0.2, 0) is 33.3 Å². The first-order chi connectivity index (χ1) is 17.5. The van der Waals surface area contributed by atoms with E-state index in [1.54, 1.807) is 0 Å². The van der Waals surface area contributed by atoms with Crippen molar-refractivity contribution >= 4 is 23.8 Å². The topological polar surface area (TPSA) is 137 Å². The van der Waals surface area contributed by atoms with E-state index in [0.29, 0.717) is 0 Å². The van der Waals surface area contributed by atoms with Crippen LogP contribution in [0.25, 0.3) is 11.1 Å². The number of Topliss-reactive ketones (excluding diaryl/α,β-unsaturated/α-hetero) is 1. The SMILES string of the molecule is O=C(CCC(=O)C(=O)O)OCCOCCOCCNC(=O)OCC1c2ccccc2-c2ccccc21. The Bertz CT molecular complexity index is 1020. The van der Waals surface area contributed by atoms with Crippen molar-refractivity contribution in [3.05, 3.63) is 59.7 Å². The van der Waals surface area contributed by atoms with Crippen molar-refractivity contribution in [3.8, 4) is 11.1 Å². The molecule has 0 aliphatic heterocycles. The third kappa shape index (κ3) is 7.89. The van der Waals surface area contributed by atoms with Crippen molar-refractivity contribution in [1.29, 1.82) is 0 Å². The zero-order chi connectivity index (χ0) is 25.8. The maximum absolute atomic E-state index is 12.1. The van der Waals surface area contributed by atoms with Crippen molar-refractivity contribution in [2.45, 2.75) is 18.8 Å². The van der Waals surface area contributed by atoms with Crippen LogP contribution in [0.4, 0.5) is 4.79 Å². The number of carbonyl (C=O) groups is 4. The predicted molar refractivity (Wildman–Crippen MR) is 128 cm³/mol. The highest BCUT2D eigenvalue weighted by Gasteiger charge is 2.28. The fraction of sp³-hybridized carbons (Fsp3) is 0.385. The van der Waals surface area contributed by atoms with Gasteiger partial charge in [-0.2, -0.15) is 0 Å². The number of ether oxygens (including phenoxy) is 4. The molecule has 1 amide bonds. The number of aliphatic carboxylic acids is 1. The second-order valence-corrected chi connectivity index (χ2v) is 7.93. The van der Waals surface area contributed by atoms with Gasteiger partial charge in [-0.1, -0.05) is 48.5 Å². The number of carboxylic acids is 1. The molecule has 0 aromatic heterocycles. The van der Waals surface area contributed by atoms with E-state index in [2.05, 4.69) is 29.6 Å². The summed E-state index contributed by atoms with van der Waals surface area (Å²) in [6.07, 6.45) is -1.19. The Hall–Kier alpha value is -3.76. The standard InChI is InChI=1S/C26H29NO9/c28-23(25(30)31)9-10-24(29)35-16-15-34-14-13-33-12-11-27-26(32)36-17-22-20-7-3-1-5-18(20)19-6-2-4-8-21(19)22/h1-8,22H,9-17H2,(H,27,32)(H,30,31). The van der Waals surface area contributed by atoms with Gasteiger partial charge in [0.05, 0.1) is 32.8 Å². The minimum Gasteiger partial charge on any atom is -0.476 e. The van der Waals surface area contributed by atoms with E-state index in [0.717, 1.165) is 11.1 Å². The number of hydrogen-bond acceptors (Lipinski definition) is 8. The Morgan fingerprint density at radius 2 is 1.33 bits per heavy atom. The molecule has 0 atom stereocenters. The number of ketones is 1. The first kappa shape index (κ1) is 26.8. The summed E-state index contributed by atoms with van der Waals surface area (Å²) < 4.78 is 20.9. The van der Waals surface area contributed by atoms with Gasteiger partial charge >= 0.3 is 18.0 Å². The van der Waals surface area contributed by atoms with Crippen LogP contribution in [0, 0.1) is 0 Å². The van der Waals surface area contributed by atoms with E-state index in [1.165, 1.54) is 11.1 Å². The molecule has 1 aliphatic carbocycles. The van der Waals surface area contributed by atoms with Crippen LogP contribution in [0.2, 0.25) is 0 Å². The molecule has 192 valence electrons. The Kier molecular flexibility index (Phi) is 10.4. The summed E-state index contributed by atoms with van der Waals surface area (Å²) in [5, 5.41) is 11.1. The Labute approximate surface area is 208 Å². The molecule has 0 fully saturated rings. The zero-order valence-electron chi connectivity index (χ0n) is 19.8. The number of amides is 1. The Morgan fingerprint density at radius 3 is 1.97 bits per heavy atom. The first-order valence-electron chi connectivity index (χ1n) is 11.6. The summed E-state index contributed by atoms with van der Waals surface area (Å²) in [4.78, 5) is 44.7. The number of carboxylic acid groups (broad SMARTS) is 1. The van der Waals surface area contributed by atoms with Crippen molar-refractivity contribution in [2.24, 2.45) is 0 Å². The number of fused-ring (bicyclic) bond motifs is 3. The summed E-state index contributed by atoms with van der Waals surface area (Å²) in [5.74, 6) is -3.26. The van der Waals surface area contributed by atoms with Crippen molar-refractivity contribution in [2.75, 3.05) is 46.2 Å². The summed E-state index contributed by atoms with van der Waals surface area (Å²) in [5.41, 5.74) is 4.64. The third-order valence-corrected chi connectivity index (χ3v) is 5.52. The van der Waals surface area contributed by atoms with Gasteiger partial charge < -0.3 is 29.4 Å². The van der Waals surface area contributed by atoms with Gasteiger partial charge in [0.2, 0.25) is 5.78 Å². The van der Waals surface area contributed by atoms with Crippen LogP contribution in [0.5, 0.6) is 0 Å². The maximum atomic E-state index is 12.1. The van der Waals surface area contributed by atoms with Crippen LogP contribution in [-0.4, -0.2) is 75.1 Å². The highest BCUT2D eigenvalue weighted by molar-refractivity contribution is 6.32. The smallest absolute Gasteiger partial charge is 0.407 e. The molecule has 3 rings (SSSR count). The highest BCUT2D eigenvalue weighted by Crippen LogP contribution is 2.44. The van der Waals surface area contributed by atoms with Gasteiger partial charge in [-0.05, 0) is 22.3 Å². The van der Waals surface area contributed by atoms with Gasteiger partial charge in [0.25, 0.3) is 0 Å². The number of alkyl carbamates (subject to hydrolysis) is 1. The molecule has 1 aliphatic rings. The molecule has 0 saturated carbocycles. The monoisotopic (exact) mass is 499 g/mol. The Morgan fingerprint density at radius 1 is 0.750 bits per heavy atom. The highest BCUT2D eigenvalue weighted by atomic mass is 16.6. The van der Waals surface area contributed by atoms with Gasteiger partial charge in [0.15, 0.2) is 0 Å². The second-order valence-electron chi connectivity index (χ2n) is 7.93. The predicted octanol–water partition coefficient (Wildman–Crippen LogP) is 2.54. The molecule has 0 radical (unpaired) electrons. The average molecular weight is 500 g/mol. The molecule has 2 N–H and O–H groups in total. The number of esters is 1. The van der Waals surface area contributed by atoms with Gasteiger partial charge in [-0.3, -0.25) is 9.59 Å². The van der Waals surface area contributed by atoms with Crippen LogP contribution < -0.4 is 5.32 Å². The Balaban J connectivity index is 1.20. The quantitative estimate of drug-likeness (QED) is 0.215. The van der Waals surface area contributed by atoms with E-state index in [1.807, 2.05) is 24.3 Å². The van der Waals surface area contributed by atoms with Gasteiger partial charge in [0, 0.05) is 18.9 Å². The zero-order valence-corrected chi connectivity index (χ0v) is 19.8. The van der Waals surface area contributed by atoms with Crippen molar-refractivity contribution in [3.63, 3.8) is 0 Å². The third-order valence-electron chi connectivity index (χ3n) is 5.52. The number of hydrogen-bond donors (Lipinski definition) is 2. The molecule has 0 bridgehead atoms. The van der Waals surface area contributed by atoms with Gasteiger partial charge in [-0.15, -0.1) is 0 Å². The number of rotatable bonds is 15. The van der Waals surface area contributed by atoms with Crippen LogP contribution >= 0.6 is 0 Å². The first-order valence-corrected chi connectivity index (χ1v) is 11.6. The fourth-order valence-corrected chi connectivity index (χ4v) is 3.81. The molecule has 0 unspecified atom stereocenters. The molecule has 0 saturated heterocycles. The second kappa shape index (κ2) is 14.0. The molecular formula is C26H29NO9. The maximum Gasteiger partial charge on any atom is 0.407 e. The summed E-state index contributed by atoms with van der Waals surface area (Å²) in [6, 6.07) is 16.3. The van der Waals surface area contributed by atoms with E-state index in [-0.39, 0.29) is 58.5 Å². The van der Waals surface area contributed by atoms with E-state index in [9.17, 15) is 19.2 Å². The van der Waals surface area contributed by atoms with E-state index in [4.69, 9.17) is 24.1 Å². The largest absolute Gasteiger partial charge is 0.476 e. The molecule has 10 heteroatoms. The fourth-order valence-electron chi connectivity index (χ4n) is 3.81. The summed E-state index contributed by atoms with van der Waals surface area (Å²) >= 11 is 0. The van der Waals surface area contributed by atoms with Crippen molar-refractivity contribution in [1.82, 2.24) is 5.32 Å². The molecule has 2 aromatic carbocycles. The normalized spacial score (nSPS) is 11.9. The van der Waals surface area contributed by atoms with Crippen molar-refractivity contribution < 1.29 is 43.2 Å². The number of nitrogens with one attached hydrogen (secondary N) is 1. The van der Waals surface area contributed by atoms with Crippen LogP contribution in [0.1, 0.15) is 29.9 Å². The molecular weight excluding hydrogens is 470 g/mol. The number of benzene rings is 2. The summed E-state index contributed by atoms with van der Waals surface area (Å²) in [6.45, 7) is 1.48. The lowest BCUT2D eigenvalue weighted by Gasteiger charge is -2.14. The van der Waals surface area contributed by atoms with Crippen LogP contribution in [0.3, 0.4) is 0 Å². The lowest BCUT2D eigenvalue weighted by atomic mass is 9.98. The average Bonchev–Trinajstić information content (AvgIpc) is 3.20. The minimum atomic E-state index is -1.57. The minimum absolute atomic E-state index is 0.00283.